The molecule has 2 heterocycles. The number of anilines is 2. The summed E-state index contributed by atoms with van der Waals surface area (Å²) in [4.78, 5) is 13.4. The summed E-state index contributed by atoms with van der Waals surface area (Å²) in [5.74, 6) is 1.36. The van der Waals surface area contributed by atoms with Crippen LogP contribution in [0.2, 0.25) is 5.02 Å². The van der Waals surface area contributed by atoms with Crippen LogP contribution in [0.15, 0.2) is 54.9 Å². The molecule has 0 aliphatic rings. The van der Waals surface area contributed by atoms with Crippen LogP contribution < -0.4 is 10.6 Å². The maximum atomic E-state index is 6.06. The number of nitrogens with zero attached hydrogens (tertiary/aromatic N) is 3. The van der Waals surface area contributed by atoms with Crippen LogP contribution in [0.4, 0.5) is 11.8 Å². The fraction of sp³-hybridized carbons (Fsp3) is 0.250. The molecule has 6 heteroatoms. The molecule has 0 saturated carbocycles. The molecule has 0 fully saturated rings. The molecule has 0 bridgehead atoms. The second-order valence-corrected chi connectivity index (χ2v) is 6.58. The summed E-state index contributed by atoms with van der Waals surface area (Å²) in [6.45, 7) is 4.87. The van der Waals surface area contributed by atoms with Crippen molar-refractivity contribution < 1.29 is 0 Å². The van der Waals surface area contributed by atoms with Crippen molar-refractivity contribution in [2.45, 2.75) is 32.9 Å². The molecule has 1 atom stereocenters. The van der Waals surface area contributed by atoms with Crippen LogP contribution in [-0.2, 0) is 6.54 Å². The average molecular weight is 368 g/mol. The summed E-state index contributed by atoms with van der Waals surface area (Å²) in [7, 11) is 0. The van der Waals surface area contributed by atoms with Crippen molar-refractivity contribution in [2.75, 3.05) is 10.6 Å². The normalized spacial score (nSPS) is 11.8. The summed E-state index contributed by atoms with van der Waals surface area (Å²) < 4.78 is 0. The first-order valence-electron chi connectivity index (χ1n) is 8.68. The summed E-state index contributed by atoms with van der Waals surface area (Å²) in [6, 6.07) is 13.9. The van der Waals surface area contributed by atoms with Gasteiger partial charge in [-0.05, 0) is 43.2 Å². The molecule has 0 aliphatic heterocycles. The molecular weight excluding hydrogens is 346 g/mol. The van der Waals surface area contributed by atoms with E-state index in [-0.39, 0.29) is 0 Å². The monoisotopic (exact) mass is 367 g/mol. The molecule has 3 rings (SSSR count). The number of nitrogens with one attached hydrogen (secondary N) is 2. The third kappa shape index (κ3) is 4.92. The lowest BCUT2D eigenvalue weighted by molar-refractivity contribution is 0.753. The first kappa shape index (κ1) is 18.1. The smallest absolute Gasteiger partial charge is 0.225 e. The van der Waals surface area contributed by atoms with Crippen LogP contribution in [0.1, 0.15) is 25.8 Å². The fourth-order valence-electron chi connectivity index (χ4n) is 2.43. The highest BCUT2D eigenvalue weighted by Crippen LogP contribution is 2.22. The van der Waals surface area contributed by atoms with Crippen LogP contribution in [0.25, 0.3) is 11.3 Å². The van der Waals surface area contributed by atoms with Crippen LogP contribution in [0.3, 0.4) is 0 Å². The number of halogens is 1. The Labute approximate surface area is 158 Å². The zero-order valence-corrected chi connectivity index (χ0v) is 15.7. The topological polar surface area (TPSA) is 62.7 Å². The second kappa shape index (κ2) is 8.63. The van der Waals surface area contributed by atoms with Crippen molar-refractivity contribution in [3.05, 3.63) is 65.4 Å². The van der Waals surface area contributed by atoms with Gasteiger partial charge in [-0.15, -0.1) is 0 Å². The van der Waals surface area contributed by atoms with Gasteiger partial charge in [-0.1, -0.05) is 30.7 Å². The third-order valence-corrected chi connectivity index (χ3v) is 4.27. The van der Waals surface area contributed by atoms with Crippen LogP contribution in [0.5, 0.6) is 0 Å². The van der Waals surface area contributed by atoms with E-state index in [1.807, 2.05) is 42.5 Å². The predicted octanol–water partition coefficient (Wildman–Crippen LogP) is 5.01. The Hall–Kier alpha value is -2.66. The minimum absolute atomic E-state index is 0.292. The van der Waals surface area contributed by atoms with E-state index in [4.69, 9.17) is 11.6 Å². The Morgan fingerprint density at radius 2 is 2.00 bits per heavy atom. The maximum absolute atomic E-state index is 6.06. The first-order valence-corrected chi connectivity index (χ1v) is 9.06. The minimum atomic E-state index is 0.292. The van der Waals surface area contributed by atoms with Crippen molar-refractivity contribution in [3.63, 3.8) is 0 Å². The zero-order chi connectivity index (χ0) is 18.4. The fourth-order valence-corrected chi connectivity index (χ4v) is 2.64. The summed E-state index contributed by atoms with van der Waals surface area (Å²) in [5, 5.41) is 7.43. The molecule has 0 radical (unpaired) electrons. The van der Waals surface area contributed by atoms with Crippen molar-refractivity contribution in [2.24, 2.45) is 0 Å². The Kier molecular flexibility index (Phi) is 6.02. The first-order chi connectivity index (χ1) is 12.6. The molecule has 0 unspecified atom stereocenters. The molecule has 2 aromatic heterocycles. The average Bonchev–Trinajstić information content (AvgIpc) is 2.67. The molecule has 3 aromatic rings. The minimum Gasteiger partial charge on any atom is -0.366 e. The highest BCUT2D eigenvalue weighted by atomic mass is 35.5. The molecule has 0 aliphatic carbocycles. The molecule has 1 aromatic carbocycles. The molecule has 5 nitrogen and oxygen atoms in total. The van der Waals surface area contributed by atoms with E-state index in [1.54, 1.807) is 12.4 Å². The van der Waals surface area contributed by atoms with Gasteiger partial charge in [0.15, 0.2) is 0 Å². The molecular formula is C20H22ClN5. The quantitative estimate of drug-likeness (QED) is 0.614. The van der Waals surface area contributed by atoms with E-state index in [9.17, 15) is 0 Å². The largest absolute Gasteiger partial charge is 0.366 e. The van der Waals surface area contributed by atoms with Gasteiger partial charge < -0.3 is 10.6 Å². The molecule has 26 heavy (non-hydrogen) atoms. The van der Waals surface area contributed by atoms with E-state index in [2.05, 4.69) is 39.4 Å². The Balaban J connectivity index is 1.86. The van der Waals surface area contributed by atoms with Crippen molar-refractivity contribution in [3.8, 4) is 11.3 Å². The standard InChI is InChI=1S/C20H22ClN5/c1-3-14(2)24-20-25-18(16-7-5-9-22-13-16)11-19(26-20)23-12-15-6-4-8-17(21)10-15/h4-11,13-14H,3,12H2,1-2H3,(H2,23,24,25,26)/t14-/m1/s1. The lowest BCUT2D eigenvalue weighted by Crippen LogP contribution is -2.16. The number of hydrogen-bond acceptors (Lipinski definition) is 5. The summed E-state index contributed by atoms with van der Waals surface area (Å²) >= 11 is 6.06. The Morgan fingerprint density at radius 1 is 1.12 bits per heavy atom. The van der Waals surface area contributed by atoms with Gasteiger partial charge in [-0.25, -0.2) is 4.98 Å². The van der Waals surface area contributed by atoms with Gasteiger partial charge in [0.25, 0.3) is 0 Å². The van der Waals surface area contributed by atoms with E-state index >= 15 is 0 Å². The van der Waals surface area contributed by atoms with Gasteiger partial charge >= 0.3 is 0 Å². The van der Waals surface area contributed by atoms with E-state index in [0.29, 0.717) is 18.5 Å². The lowest BCUT2D eigenvalue weighted by Gasteiger charge is -2.14. The highest BCUT2D eigenvalue weighted by molar-refractivity contribution is 6.30. The third-order valence-electron chi connectivity index (χ3n) is 4.03. The van der Waals surface area contributed by atoms with Crippen LogP contribution in [0, 0.1) is 0 Å². The Morgan fingerprint density at radius 3 is 2.73 bits per heavy atom. The highest BCUT2D eigenvalue weighted by Gasteiger charge is 2.09. The SMILES string of the molecule is CC[C@@H](C)Nc1nc(NCc2cccc(Cl)c2)cc(-c2cccnc2)n1. The lowest BCUT2D eigenvalue weighted by atomic mass is 10.2. The van der Waals surface area contributed by atoms with Gasteiger partial charge in [-0.3, -0.25) is 4.98 Å². The number of rotatable bonds is 7. The summed E-state index contributed by atoms with van der Waals surface area (Å²) in [6.07, 6.45) is 4.54. The van der Waals surface area contributed by atoms with E-state index in [1.165, 1.54) is 0 Å². The second-order valence-electron chi connectivity index (χ2n) is 6.14. The van der Waals surface area contributed by atoms with Crippen molar-refractivity contribution in [1.82, 2.24) is 15.0 Å². The number of aromatic nitrogens is 3. The van der Waals surface area contributed by atoms with E-state index in [0.717, 1.165) is 34.1 Å². The van der Waals surface area contributed by atoms with Gasteiger partial charge in [0.2, 0.25) is 5.95 Å². The molecule has 0 spiro atoms. The molecule has 0 amide bonds. The summed E-state index contributed by atoms with van der Waals surface area (Å²) in [5.41, 5.74) is 2.87. The Bertz CT molecular complexity index is 854. The number of hydrogen-bond donors (Lipinski definition) is 2. The molecule has 134 valence electrons. The maximum Gasteiger partial charge on any atom is 0.225 e. The van der Waals surface area contributed by atoms with Crippen LogP contribution in [-0.4, -0.2) is 21.0 Å². The zero-order valence-electron chi connectivity index (χ0n) is 14.9. The van der Waals surface area contributed by atoms with Gasteiger partial charge in [-0.2, -0.15) is 4.98 Å². The van der Waals surface area contributed by atoms with Crippen molar-refractivity contribution in [1.29, 1.82) is 0 Å². The van der Waals surface area contributed by atoms with Gasteiger partial charge in [0.1, 0.15) is 5.82 Å². The van der Waals surface area contributed by atoms with Gasteiger partial charge in [0.05, 0.1) is 5.69 Å². The van der Waals surface area contributed by atoms with Gasteiger partial charge in [0, 0.05) is 41.6 Å². The van der Waals surface area contributed by atoms with E-state index < -0.39 is 0 Å². The number of pyridine rings is 1. The molecule has 0 saturated heterocycles. The van der Waals surface area contributed by atoms with Crippen molar-refractivity contribution >= 4 is 23.4 Å². The van der Waals surface area contributed by atoms with Crippen LogP contribution >= 0.6 is 11.6 Å². The number of benzene rings is 1. The molecule has 2 N–H and O–H groups in total. The predicted molar refractivity (Wildman–Crippen MR) is 107 cm³/mol.